The van der Waals surface area contributed by atoms with Crippen molar-refractivity contribution in [3.8, 4) is 0 Å². The average Bonchev–Trinajstić information content (AvgIpc) is 3.05. The summed E-state index contributed by atoms with van der Waals surface area (Å²) in [5.41, 5.74) is 3.73. The zero-order valence-electron chi connectivity index (χ0n) is 14.3. The van der Waals surface area contributed by atoms with Gasteiger partial charge < -0.3 is 9.73 Å². The minimum Gasteiger partial charge on any atom is -0.448 e. The Hall–Kier alpha value is -2.21. The van der Waals surface area contributed by atoms with E-state index in [4.69, 9.17) is 4.42 Å². The van der Waals surface area contributed by atoms with E-state index in [0.717, 1.165) is 22.8 Å². The third-order valence-electron chi connectivity index (χ3n) is 4.14. The first-order valence-electron chi connectivity index (χ1n) is 8.63. The molecule has 0 aliphatic heterocycles. The van der Waals surface area contributed by atoms with Crippen molar-refractivity contribution in [3.63, 3.8) is 0 Å². The van der Waals surface area contributed by atoms with Gasteiger partial charge in [-0.05, 0) is 44.0 Å². The highest BCUT2D eigenvalue weighted by Gasteiger charge is 2.14. The lowest BCUT2D eigenvalue weighted by Crippen LogP contribution is -2.41. The highest BCUT2D eigenvalue weighted by atomic mass is 32.2. The average molecular weight is 357 g/mol. The first-order chi connectivity index (χ1) is 12.2. The summed E-state index contributed by atoms with van der Waals surface area (Å²) in [6, 6.07) is 12.0. The number of amides is 2. The summed E-state index contributed by atoms with van der Waals surface area (Å²) >= 11 is 1.55. The molecule has 0 spiro atoms. The monoisotopic (exact) mass is 357 g/mol. The molecule has 3 rings (SSSR count). The van der Waals surface area contributed by atoms with Gasteiger partial charge in [0, 0.05) is 10.9 Å². The molecule has 1 aliphatic rings. The standard InChI is InChI=1S/C19H23N3O2S/c1-14-7-10-17(11-8-14)25-18-12-9-16(24-18)13-20-22-19(23)21-15-5-3-2-4-6-15/h7-13,15H,2-6H2,1H3,(H2,21,22,23)/b20-13-. The van der Waals surface area contributed by atoms with Gasteiger partial charge in [-0.1, -0.05) is 48.7 Å². The normalized spacial score (nSPS) is 15.4. The van der Waals surface area contributed by atoms with Gasteiger partial charge in [-0.25, -0.2) is 10.2 Å². The van der Waals surface area contributed by atoms with Crippen LogP contribution in [0.15, 0.2) is 55.9 Å². The number of nitrogens with one attached hydrogen (secondary N) is 2. The fourth-order valence-corrected chi connectivity index (χ4v) is 3.58. The van der Waals surface area contributed by atoms with E-state index >= 15 is 0 Å². The van der Waals surface area contributed by atoms with Crippen molar-refractivity contribution in [1.82, 2.24) is 10.7 Å². The number of hydrazone groups is 1. The Balaban J connectivity index is 1.46. The number of furan rings is 1. The summed E-state index contributed by atoms with van der Waals surface area (Å²) in [7, 11) is 0. The maximum Gasteiger partial charge on any atom is 0.335 e. The summed E-state index contributed by atoms with van der Waals surface area (Å²) < 4.78 is 5.69. The van der Waals surface area contributed by atoms with Gasteiger partial charge in [-0.2, -0.15) is 5.10 Å². The molecule has 0 atom stereocenters. The van der Waals surface area contributed by atoms with Crippen LogP contribution in [0.5, 0.6) is 0 Å². The third-order valence-corrected chi connectivity index (χ3v) is 5.07. The number of benzene rings is 1. The number of hydrogen-bond donors (Lipinski definition) is 2. The minimum absolute atomic E-state index is 0.260. The van der Waals surface area contributed by atoms with Crippen LogP contribution in [0.3, 0.4) is 0 Å². The van der Waals surface area contributed by atoms with Crippen LogP contribution in [0.25, 0.3) is 0 Å². The fourth-order valence-electron chi connectivity index (χ4n) is 2.80. The predicted octanol–water partition coefficient (Wildman–Crippen LogP) is 4.71. The summed E-state index contributed by atoms with van der Waals surface area (Å²) in [4.78, 5) is 12.9. The van der Waals surface area contributed by atoms with E-state index in [-0.39, 0.29) is 12.1 Å². The van der Waals surface area contributed by atoms with Gasteiger partial charge in [0.2, 0.25) is 0 Å². The Morgan fingerprint density at radius 1 is 1.16 bits per heavy atom. The molecule has 1 aliphatic carbocycles. The SMILES string of the molecule is Cc1ccc(Sc2ccc(/C=N\NC(=O)NC3CCCCC3)o2)cc1. The van der Waals surface area contributed by atoms with Crippen LogP contribution < -0.4 is 10.7 Å². The molecule has 25 heavy (non-hydrogen) atoms. The first kappa shape index (κ1) is 17.6. The molecule has 1 fully saturated rings. The lowest BCUT2D eigenvalue weighted by molar-refractivity contribution is 0.233. The molecule has 1 aromatic carbocycles. The maximum atomic E-state index is 11.8. The zero-order valence-corrected chi connectivity index (χ0v) is 15.1. The van der Waals surface area contributed by atoms with Gasteiger partial charge in [0.1, 0.15) is 5.76 Å². The topological polar surface area (TPSA) is 66.6 Å². The van der Waals surface area contributed by atoms with Gasteiger partial charge in [0.15, 0.2) is 5.09 Å². The highest BCUT2D eigenvalue weighted by Crippen LogP contribution is 2.28. The molecular weight excluding hydrogens is 334 g/mol. The van der Waals surface area contributed by atoms with Gasteiger partial charge >= 0.3 is 6.03 Å². The van der Waals surface area contributed by atoms with E-state index in [2.05, 4.69) is 47.0 Å². The summed E-state index contributed by atoms with van der Waals surface area (Å²) in [5.74, 6) is 0.604. The van der Waals surface area contributed by atoms with Crippen molar-refractivity contribution >= 4 is 24.0 Å². The molecule has 0 radical (unpaired) electrons. The lowest BCUT2D eigenvalue weighted by Gasteiger charge is -2.22. The fraction of sp³-hybridized carbons (Fsp3) is 0.368. The number of aryl methyl sites for hydroxylation is 1. The Morgan fingerprint density at radius 3 is 2.68 bits per heavy atom. The van der Waals surface area contributed by atoms with Crippen LogP contribution in [0.4, 0.5) is 4.79 Å². The molecule has 2 amide bonds. The zero-order chi connectivity index (χ0) is 17.5. The molecule has 5 nitrogen and oxygen atoms in total. The smallest absolute Gasteiger partial charge is 0.335 e. The molecule has 1 saturated carbocycles. The molecule has 0 bridgehead atoms. The second-order valence-corrected chi connectivity index (χ2v) is 7.33. The van der Waals surface area contributed by atoms with Crippen LogP contribution >= 0.6 is 11.8 Å². The lowest BCUT2D eigenvalue weighted by atomic mass is 9.96. The summed E-state index contributed by atoms with van der Waals surface area (Å²) in [6.07, 6.45) is 7.24. The van der Waals surface area contributed by atoms with E-state index in [1.54, 1.807) is 11.8 Å². The van der Waals surface area contributed by atoms with Crippen LogP contribution in [-0.4, -0.2) is 18.3 Å². The number of carbonyl (C=O) groups excluding carboxylic acids is 1. The van der Waals surface area contributed by atoms with E-state index in [1.807, 2.05) is 12.1 Å². The molecule has 1 heterocycles. The number of carbonyl (C=O) groups is 1. The van der Waals surface area contributed by atoms with Crippen molar-refractivity contribution in [2.24, 2.45) is 5.10 Å². The van der Waals surface area contributed by atoms with Gasteiger partial charge in [-0.3, -0.25) is 0 Å². The number of hydrogen-bond acceptors (Lipinski definition) is 4. The minimum atomic E-state index is -0.260. The van der Waals surface area contributed by atoms with E-state index in [1.165, 1.54) is 31.0 Å². The molecule has 132 valence electrons. The van der Waals surface area contributed by atoms with E-state index < -0.39 is 0 Å². The Morgan fingerprint density at radius 2 is 1.92 bits per heavy atom. The molecule has 2 aromatic rings. The van der Waals surface area contributed by atoms with Crippen molar-refractivity contribution in [1.29, 1.82) is 0 Å². The van der Waals surface area contributed by atoms with Gasteiger partial charge in [0.05, 0.1) is 6.21 Å². The molecule has 6 heteroatoms. The quantitative estimate of drug-likeness (QED) is 0.602. The Labute approximate surface area is 152 Å². The second kappa shape index (κ2) is 8.76. The van der Waals surface area contributed by atoms with Crippen LogP contribution in [-0.2, 0) is 0 Å². The van der Waals surface area contributed by atoms with Crippen molar-refractivity contribution in [3.05, 3.63) is 47.7 Å². The van der Waals surface area contributed by atoms with Gasteiger partial charge in [-0.15, -0.1) is 0 Å². The van der Waals surface area contributed by atoms with Crippen LogP contribution in [0.2, 0.25) is 0 Å². The Kier molecular flexibility index (Phi) is 6.17. The van der Waals surface area contributed by atoms with Crippen LogP contribution in [0.1, 0.15) is 43.4 Å². The number of nitrogens with zero attached hydrogens (tertiary/aromatic N) is 1. The highest BCUT2D eigenvalue weighted by molar-refractivity contribution is 7.99. The molecule has 2 N–H and O–H groups in total. The van der Waals surface area contributed by atoms with Crippen molar-refractivity contribution in [2.75, 3.05) is 0 Å². The van der Waals surface area contributed by atoms with Crippen molar-refractivity contribution < 1.29 is 9.21 Å². The third kappa shape index (κ3) is 5.67. The maximum absolute atomic E-state index is 11.8. The summed E-state index contributed by atoms with van der Waals surface area (Å²) in [6.45, 7) is 2.06. The number of urea groups is 1. The summed E-state index contributed by atoms with van der Waals surface area (Å²) in [5, 5.41) is 7.69. The number of rotatable bonds is 5. The van der Waals surface area contributed by atoms with E-state index in [0.29, 0.717) is 5.76 Å². The van der Waals surface area contributed by atoms with Crippen LogP contribution in [0, 0.1) is 6.92 Å². The van der Waals surface area contributed by atoms with Crippen molar-refractivity contribution in [2.45, 2.75) is 55.1 Å². The molecular formula is C19H23N3O2S. The molecule has 0 saturated heterocycles. The molecule has 0 unspecified atom stereocenters. The van der Waals surface area contributed by atoms with E-state index in [9.17, 15) is 4.79 Å². The van der Waals surface area contributed by atoms with Gasteiger partial charge in [0.25, 0.3) is 0 Å². The second-order valence-electron chi connectivity index (χ2n) is 6.25. The largest absolute Gasteiger partial charge is 0.448 e. The predicted molar refractivity (Wildman–Crippen MR) is 100 cm³/mol. The molecule has 1 aromatic heterocycles. The Bertz CT molecular complexity index is 719. The first-order valence-corrected chi connectivity index (χ1v) is 9.44.